The molecule has 0 aliphatic heterocycles. The van der Waals surface area contributed by atoms with Crippen molar-refractivity contribution in [3.63, 3.8) is 0 Å². The van der Waals surface area contributed by atoms with E-state index in [1.807, 2.05) is 18.2 Å². The number of carboxylic acids is 1. The maximum Gasteiger partial charge on any atom is 0.345 e. The van der Waals surface area contributed by atoms with Crippen molar-refractivity contribution in [2.45, 2.75) is 6.42 Å². The van der Waals surface area contributed by atoms with Crippen LogP contribution in [0.25, 0.3) is 10.1 Å². The van der Waals surface area contributed by atoms with Crippen LogP contribution in [0.15, 0.2) is 48.5 Å². The molecule has 0 spiro atoms. The fourth-order valence-electron chi connectivity index (χ4n) is 2.20. The quantitative estimate of drug-likeness (QED) is 0.778. The van der Waals surface area contributed by atoms with Gasteiger partial charge in [-0.1, -0.05) is 24.3 Å². The van der Waals surface area contributed by atoms with Gasteiger partial charge in [-0.25, -0.2) is 9.18 Å². The topological polar surface area (TPSA) is 37.3 Å². The average molecular weight is 286 g/mol. The number of fused-ring (bicyclic) bond motifs is 1. The van der Waals surface area contributed by atoms with E-state index in [2.05, 4.69) is 0 Å². The first-order valence-electron chi connectivity index (χ1n) is 6.12. The van der Waals surface area contributed by atoms with Gasteiger partial charge in [0.25, 0.3) is 0 Å². The first-order valence-corrected chi connectivity index (χ1v) is 6.94. The van der Waals surface area contributed by atoms with Crippen molar-refractivity contribution in [1.82, 2.24) is 0 Å². The Morgan fingerprint density at radius 1 is 1.15 bits per heavy atom. The Bertz CT molecular complexity index is 775. The zero-order valence-electron chi connectivity index (χ0n) is 10.5. The standard InChI is InChI=1S/C16H11FO2S/c17-12-6-4-10(5-7-12)8-11-2-1-3-14-13(11)9-15(20-14)16(18)19/h1-7,9H,8H2,(H,18,19). The summed E-state index contributed by atoms with van der Waals surface area (Å²) >= 11 is 1.27. The molecule has 0 saturated carbocycles. The molecule has 4 heteroatoms. The summed E-state index contributed by atoms with van der Waals surface area (Å²) in [6, 6.07) is 13.9. The van der Waals surface area contributed by atoms with Crippen LogP contribution < -0.4 is 0 Å². The molecule has 0 aliphatic rings. The van der Waals surface area contributed by atoms with Crippen LogP contribution in [-0.4, -0.2) is 11.1 Å². The number of aromatic carboxylic acids is 1. The van der Waals surface area contributed by atoms with Crippen molar-refractivity contribution < 1.29 is 14.3 Å². The van der Waals surface area contributed by atoms with Gasteiger partial charge in [0.2, 0.25) is 0 Å². The molecule has 3 aromatic rings. The molecule has 20 heavy (non-hydrogen) atoms. The lowest BCUT2D eigenvalue weighted by Crippen LogP contribution is -1.91. The molecule has 3 rings (SSSR count). The Balaban J connectivity index is 2.02. The largest absolute Gasteiger partial charge is 0.477 e. The van der Waals surface area contributed by atoms with Crippen LogP contribution in [0.1, 0.15) is 20.8 Å². The summed E-state index contributed by atoms with van der Waals surface area (Å²) in [4.78, 5) is 11.4. The van der Waals surface area contributed by atoms with Crippen molar-refractivity contribution in [3.05, 3.63) is 70.4 Å². The third-order valence-corrected chi connectivity index (χ3v) is 4.26. The van der Waals surface area contributed by atoms with Gasteiger partial charge in [-0.2, -0.15) is 0 Å². The van der Waals surface area contributed by atoms with Gasteiger partial charge in [0.05, 0.1) is 0 Å². The molecule has 0 radical (unpaired) electrons. The first kappa shape index (κ1) is 12.8. The van der Waals surface area contributed by atoms with Crippen molar-refractivity contribution in [1.29, 1.82) is 0 Å². The second-order valence-electron chi connectivity index (χ2n) is 4.55. The number of rotatable bonds is 3. The van der Waals surface area contributed by atoms with Crippen LogP contribution in [0.3, 0.4) is 0 Å². The van der Waals surface area contributed by atoms with Gasteiger partial charge in [-0.15, -0.1) is 11.3 Å². The van der Waals surface area contributed by atoms with E-state index in [0.29, 0.717) is 11.3 Å². The van der Waals surface area contributed by atoms with Crippen LogP contribution in [0, 0.1) is 5.82 Å². The molecule has 1 heterocycles. The third kappa shape index (κ3) is 2.42. The molecule has 2 nitrogen and oxygen atoms in total. The van der Waals surface area contributed by atoms with Gasteiger partial charge >= 0.3 is 5.97 Å². The van der Waals surface area contributed by atoms with E-state index in [0.717, 1.165) is 21.2 Å². The smallest absolute Gasteiger partial charge is 0.345 e. The van der Waals surface area contributed by atoms with Gasteiger partial charge in [0.15, 0.2) is 0 Å². The lowest BCUT2D eigenvalue weighted by atomic mass is 10.0. The number of halogens is 1. The van der Waals surface area contributed by atoms with Crippen molar-refractivity contribution in [3.8, 4) is 0 Å². The predicted octanol–water partition coefficient (Wildman–Crippen LogP) is 4.33. The molecule has 100 valence electrons. The van der Waals surface area contributed by atoms with E-state index in [1.54, 1.807) is 18.2 Å². The summed E-state index contributed by atoms with van der Waals surface area (Å²) in [5.41, 5.74) is 2.06. The van der Waals surface area contributed by atoms with Crippen LogP contribution in [0.2, 0.25) is 0 Å². The zero-order valence-corrected chi connectivity index (χ0v) is 11.3. The monoisotopic (exact) mass is 286 g/mol. The summed E-state index contributed by atoms with van der Waals surface area (Å²) in [7, 11) is 0. The Labute approximate surface area is 119 Å². The fourth-order valence-corrected chi connectivity index (χ4v) is 3.15. The molecule has 0 saturated heterocycles. The van der Waals surface area contributed by atoms with Crippen molar-refractivity contribution in [2.75, 3.05) is 0 Å². The van der Waals surface area contributed by atoms with Crippen LogP contribution >= 0.6 is 11.3 Å². The van der Waals surface area contributed by atoms with Crippen molar-refractivity contribution in [2.24, 2.45) is 0 Å². The van der Waals surface area contributed by atoms with Crippen molar-refractivity contribution >= 4 is 27.4 Å². The molecule has 0 bridgehead atoms. The maximum absolute atomic E-state index is 12.9. The Morgan fingerprint density at radius 2 is 1.90 bits per heavy atom. The van der Waals surface area contributed by atoms with Gasteiger partial charge in [-0.05, 0) is 47.2 Å². The molecule has 0 amide bonds. The normalized spacial score (nSPS) is 10.8. The SMILES string of the molecule is O=C(O)c1cc2c(Cc3ccc(F)cc3)cccc2s1. The highest BCUT2D eigenvalue weighted by Gasteiger charge is 2.11. The van der Waals surface area contributed by atoms with E-state index < -0.39 is 5.97 Å². The molecule has 1 aromatic heterocycles. The van der Waals surface area contributed by atoms with Crippen LogP contribution in [0.4, 0.5) is 4.39 Å². The first-order chi connectivity index (χ1) is 9.63. The van der Waals surface area contributed by atoms with Gasteiger partial charge in [0, 0.05) is 4.70 Å². The summed E-state index contributed by atoms with van der Waals surface area (Å²) in [5.74, 6) is -1.16. The molecule has 0 atom stereocenters. The molecular weight excluding hydrogens is 275 g/mol. The minimum atomic E-state index is -0.904. The van der Waals surface area contributed by atoms with E-state index in [1.165, 1.54) is 23.5 Å². The Kier molecular flexibility index (Phi) is 3.24. The number of hydrogen-bond acceptors (Lipinski definition) is 2. The summed E-state index contributed by atoms with van der Waals surface area (Å²) in [6.07, 6.45) is 0.660. The molecule has 0 aliphatic carbocycles. The van der Waals surface area contributed by atoms with Gasteiger partial charge < -0.3 is 5.11 Å². The zero-order chi connectivity index (χ0) is 14.1. The summed E-state index contributed by atoms with van der Waals surface area (Å²) in [5, 5.41) is 10.0. The van der Waals surface area contributed by atoms with Gasteiger partial charge in [-0.3, -0.25) is 0 Å². The number of carboxylic acid groups (broad SMARTS) is 1. The van der Waals surface area contributed by atoms with E-state index in [4.69, 9.17) is 5.11 Å². The maximum atomic E-state index is 12.9. The second kappa shape index (κ2) is 5.06. The highest BCUT2D eigenvalue weighted by Crippen LogP contribution is 2.29. The number of hydrogen-bond donors (Lipinski definition) is 1. The molecule has 2 aromatic carbocycles. The third-order valence-electron chi connectivity index (χ3n) is 3.17. The van der Waals surface area contributed by atoms with E-state index in [-0.39, 0.29) is 5.82 Å². The van der Waals surface area contributed by atoms with Crippen LogP contribution in [0.5, 0.6) is 0 Å². The predicted molar refractivity (Wildman–Crippen MR) is 78.0 cm³/mol. The number of carbonyl (C=O) groups is 1. The number of benzene rings is 2. The lowest BCUT2D eigenvalue weighted by Gasteiger charge is -2.03. The summed E-state index contributed by atoms with van der Waals surface area (Å²) in [6.45, 7) is 0. The molecule has 1 N–H and O–H groups in total. The lowest BCUT2D eigenvalue weighted by molar-refractivity contribution is 0.0702. The minimum absolute atomic E-state index is 0.254. The summed E-state index contributed by atoms with van der Waals surface area (Å²) < 4.78 is 13.9. The minimum Gasteiger partial charge on any atom is -0.477 e. The highest BCUT2D eigenvalue weighted by atomic mass is 32.1. The van der Waals surface area contributed by atoms with Crippen LogP contribution in [-0.2, 0) is 6.42 Å². The molecule has 0 unspecified atom stereocenters. The Morgan fingerprint density at radius 3 is 2.60 bits per heavy atom. The van der Waals surface area contributed by atoms with Gasteiger partial charge in [0.1, 0.15) is 10.7 Å². The van der Waals surface area contributed by atoms with E-state index in [9.17, 15) is 9.18 Å². The fraction of sp³-hybridized carbons (Fsp3) is 0.0625. The second-order valence-corrected chi connectivity index (χ2v) is 5.63. The molecular formula is C16H11FO2S. The number of thiophene rings is 1. The highest BCUT2D eigenvalue weighted by molar-refractivity contribution is 7.20. The average Bonchev–Trinajstić information content (AvgIpc) is 2.87. The Hall–Kier alpha value is -2.20. The van der Waals surface area contributed by atoms with E-state index >= 15 is 0 Å². The molecule has 0 fully saturated rings.